The third-order valence-corrected chi connectivity index (χ3v) is 4.15. The van der Waals surface area contributed by atoms with Crippen LogP contribution in [0.3, 0.4) is 0 Å². The smallest absolute Gasteiger partial charge is 0.225 e. The van der Waals surface area contributed by atoms with Crippen LogP contribution in [-0.4, -0.2) is 16.9 Å². The maximum atomic E-state index is 7.77. The standard InChI is InChI=1S/C17H21N3O/c1-11-5-4-7-13(9-11)21-17-14(16(18)19)10-12-6-2-3-8-15(12)20-17/h2-3,6,8,10-11,13H,4-5,7,9H2,1H3,(H3,18,19). The number of fused-ring (bicyclic) bond motifs is 1. The lowest BCUT2D eigenvalue weighted by atomic mass is 9.89. The van der Waals surface area contributed by atoms with E-state index in [0.29, 0.717) is 17.4 Å². The number of para-hydroxylation sites is 1. The molecule has 1 aliphatic carbocycles. The van der Waals surface area contributed by atoms with Gasteiger partial charge in [0.2, 0.25) is 5.88 Å². The summed E-state index contributed by atoms with van der Waals surface area (Å²) in [5.41, 5.74) is 7.17. The lowest BCUT2D eigenvalue weighted by Gasteiger charge is -2.27. The summed E-state index contributed by atoms with van der Waals surface area (Å²) >= 11 is 0. The molecule has 1 aliphatic rings. The van der Waals surface area contributed by atoms with Gasteiger partial charge in [0.15, 0.2) is 0 Å². The van der Waals surface area contributed by atoms with Crippen molar-refractivity contribution in [3.63, 3.8) is 0 Å². The highest BCUT2D eigenvalue weighted by atomic mass is 16.5. The van der Waals surface area contributed by atoms with Crippen LogP contribution >= 0.6 is 0 Å². The van der Waals surface area contributed by atoms with Crippen molar-refractivity contribution in [3.05, 3.63) is 35.9 Å². The Morgan fingerprint density at radius 2 is 2.14 bits per heavy atom. The van der Waals surface area contributed by atoms with E-state index in [1.54, 1.807) is 0 Å². The maximum absolute atomic E-state index is 7.77. The zero-order chi connectivity index (χ0) is 14.8. The molecule has 110 valence electrons. The molecular formula is C17H21N3O. The Balaban J connectivity index is 1.95. The van der Waals surface area contributed by atoms with E-state index in [1.807, 2.05) is 30.3 Å². The second kappa shape index (κ2) is 5.72. The number of nitrogens with two attached hydrogens (primary N) is 1. The van der Waals surface area contributed by atoms with Crippen molar-refractivity contribution < 1.29 is 4.74 Å². The minimum Gasteiger partial charge on any atom is -0.474 e. The summed E-state index contributed by atoms with van der Waals surface area (Å²) in [5, 5.41) is 8.74. The van der Waals surface area contributed by atoms with Crippen LogP contribution in [0.2, 0.25) is 0 Å². The molecule has 1 aromatic carbocycles. The minimum absolute atomic E-state index is 0.00658. The van der Waals surface area contributed by atoms with E-state index in [1.165, 1.54) is 12.8 Å². The summed E-state index contributed by atoms with van der Waals surface area (Å²) in [6.07, 6.45) is 4.74. The fraction of sp³-hybridized carbons (Fsp3) is 0.412. The molecule has 1 saturated carbocycles. The van der Waals surface area contributed by atoms with Gasteiger partial charge < -0.3 is 10.5 Å². The van der Waals surface area contributed by atoms with Gasteiger partial charge in [-0.05, 0) is 37.3 Å². The summed E-state index contributed by atoms with van der Waals surface area (Å²) in [4.78, 5) is 4.57. The zero-order valence-electron chi connectivity index (χ0n) is 12.3. The second-order valence-electron chi connectivity index (χ2n) is 5.96. The van der Waals surface area contributed by atoms with Crippen molar-refractivity contribution in [2.24, 2.45) is 11.7 Å². The van der Waals surface area contributed by atoms with Crippen LogP contribution in [-0.2, 0) is 0 Å². The number of nitrogens with one attached hydrogen (secondary N) is 1. The highest BCUT2D eigenvalue weighted by Crippen LogP contribution is 2.29. The Morgan fingerprint density at radius 1 is 1.33 bits per heavy atom. The number of aromatic nitrogens is 1. The molecule has 1 aromatic heterocycles. The summed E-state index contributed by atoms with van der Waals surface area (Å²) in [5.74, 6) is 1.19. The lowest BCUT2D eigenvalue weighted by molar-refractivity contribution is 0.124. The van der Waals surface area contributed by atoms with Crippen LogP contribution < -0.4 is 10.5 Å². The van der Waals surface area contributed by atoms with Gasteiger partial charge in [0.1, 0.15) is 11.9 Å². The fourth-order valence-corrected chi connectivity index (χ4v) is 3.02. The molecule has 3 N–H and O–H groups in total. The van der Waals surface area contributed by atoms with Crippen molar-refractivity contribution >= 4 is 16.7 Å². The molecule has 4 heteroatoms. The predicted molar refractivity (Wildman–Crippen MR) is 84.8 cm³/mol. The first kappa shape index (κ1) is 13.9. The molecule has 0 saturated heterocycles. The summed E-state index contributed by atoms with van der Waals surface area (Å²) < 4.78 is 6.09. The average molecular weight is 283 g/mol. The number of rotatable bonds is 3. The van der Waals surface area contributed by atoms with Gasteiger partial charge in [0, 0.05) is 5.39 Å². The molecule has 0 amide bonds. The number of benzene rings is 1. The van der Waals surface area contributed by atoms with E-state index in [-0.39, 0.29) is 11.9 Å². The molecule has 0 radical (unpaired) electrons. The molecule has 1 fully saturated rings. The highest BCUT2D eigenvalue weighted by Gasteiger charge is 2.22. The third kappa shape index (κ3) is 2.99. The first-order valence-corrected chi connectivity index (χ1v) is 7.54. The van der Waals surface area contributed by atoms with Crippen molar-refractivity contribution in [1.82, 2.24) is 4.98 Å². The van der Waals surface area contributed by atoms with Crippen molar-refractivity contribution in [3.8, 4) is 5.88 Å². The fourth-order valence-electron chi connectivity index (χ4n) is 3.02. The van der Waals surface area contributed by atoms with E-state index in [2.05, 4.69) is 11.9 Å². The van der Waals surface area contributed by atoms with Gasteiger partial charge in [-0.25, -0.2) is 4.98 Å². The summed E-state index contributed by atoms with van der Waals surface area (Å²) in [6, 6.07) is 9.73. The minimum atomic E-state index is 0.00658. The van der Waals surface area contributed by atoms with E-state index < -0.39 is 0 Å². The van der Waals surface area contributed by atoms with Crippen molar-refractivity contribution in [2.45, 2.75) is 38.7 Å². The quantitative estimate of drug-likeness (QED) is 0.669. The Morgan fingerprint density at radius 3 is 2.90 bits per heavy atom. The van der Waals surface area contributed by atoms with Gasteiger partial charge >= 0.3 is 0 Å². The molecular weight excluding hydrogens is 262 g/mol. The Kier molecular flexibility index (Phi) is 3.78. The topological polar surface area (TPSA) is 72.0 Å². The van der Waals surface area contributed by atoms with Gasteiger partial charge in [0.05, 0.1) is 11.1 Å². The Bertz CT molecular complexity index is 668. The number of ether oxygens (including phenoxy) is 1. The molecule has 1 heterocycles. The van der Waals surface area contributed by atoms with E-state index in [0.717, 1.165) is 23.7 Å². The number of nitrogens with zero attached hydrogens (tertiary/aromatic N) is 1. The van der Waals surface area contributed by atoms with Crippen LogP contribution in [0.4, 0.5) is 0 Å². The van der Waals surface area contributed by atoms with Crippen LogP contribution in [0.15, 0.2) is 30.3 Å². The van der Waals surface area contributed by atoms with E-state index in [9.17, 15) is 0 Å². The van der Waals surface area contributed by atoms with Crippen LogP contribution in [0.5, 0.6) is 5.88 Å². The van der Waals surface area contributed by atoms with Crippen LogP contribution in [0.25, 0.3) is 10.9 Å². The van der Waals surface area contributed by atoms with Gasteiger partial charge in [0.25, 0.3) is 0 Å². The monoisotopic (exact) mass is 283 g/mol. The Labute approximate surface area is 124 Å². The first-order chi connectivity index (χ1) is 10.1. The largest absolute Gasteiger partial charge is 0.474 e. The molecule has 2 atom stereocenters. The maximum Gasteiger partial charge on any atom is 0.225 e. The molecule has 2 aromatic rings. The van der Waals surface area contributed by atoms with Gasteiger partial charge in [-0.15, -0.1) is 0 Å². The number of nitrogen functional groups attached to an aromatic ring is 1. The lowest BCUT2D eigenvalue weighted by Crippen LogP contribution is -2.26. The molecule has 3 rings (SSSR count). The van der Waals surface area contributed by atoms with Crippen molar-refractivity contribution in [2.75, 3.05) is 0 Å². The highest BCUT2D eigenvalue weighted by molar-refractivity contribution is 6.00. The second-order valence-corrected chi connectivity index (χ2v) is 5.96. The van der Waals surface area contributed by atoms with Gasteiger partial charge in [-0.3, -0.25) is 5.41 Å². The number of pyridine rings is 1. The number of hydrogen-bond donors (Lipinski definition) is 2. The van der Waals surface area contributed by atoms with Crippen LogP contribution in [0.1, 0.15) is 38.2 Å². The normalized spacial score (nSPS) is 22.1. The SMILES string of the molecule is CC1CCCC(Oc2nc3ccccc3cc2C(=N)N)C1. The van der Waals surface area contributed by atoms with Gasteiger partial charge in [-0.2, -0.15) is 0 Å². The number of hydrogen-bond acceptors (Lipinski definition) is 3. The number of amidine groups is 1. The average Bonchev–Trinajstić information content (AvgIpc) is 2.46. The molecule has 2 unspecified atom stereocenters. The molecule has 0 spiro atoms. The predicted octanol–water partition coefficient (Wildman–Crippen LogP) is 3.48. The Hall–Kier alpha value is -2.10. The van der Waals surface area contributed by atoms with Gasteiger partial charge in [-0.1, -0.05) is 31.5 Å². The molecule has 21 heavy (non-hydrogen) atoms. The van der Waals surface area contributed by atoms with E-state index in [4.69, 9.17) is 15.9 Å². The first-order valence-electron chi connectivity index (χ1n) is 7.54. The zero-order valence-corrected chi connectivity index (χ0v) is 12.3. The molecule has 0 aliphatic heterocycles. The van der Waals surface area contributed by atoms with Crippen LogP contribution in [0, 0.1) is 11.3 Å². The molecule has 0 bridgehead atoms. The third-order valence-electron chi connectivity index (χ3n) is 4.15. The molecule has 4 nitrogen and oxygen atoms in total. The summed E-state index contributed by atoms with van der Waals surface area (Å²) in [7, 11) is 0. The van der Waals surface area contributed by atoms with E-state index >= 15 is 0 Å². The summed E-state index contributed by atoms with van der Waals surface area (Å²) in [6.45, 7) is 2.26. The van der Waals surface area contributed by atoms with Crippen molar-refractivity contribution in [1.29, 1.82) is 5.41 Å².